The summed E-state index contributed by atoms with van der Waals surface area (Å²) in [6, 6.07) is 1.45. The largest absolute Gasteiger partial charge is 0.367 e. The first-order valence-electron chi connectivity index (χ1n) is 4.81. The maximum atomic E-state index is 13.5. The lowest BCUT2D eigenvalue weighted by atomic mass is 9.89. The molecule has 1 aliphatic heterocycles. The second-order valence-corrected chi connectivity index (χ2v) is 3.58. The molecular formula is C10H13FN2O. The third kappa shape index (κ3) is 1.70. The summed E-state index contributed by atoms with van der Waals surface area (Å²) in [7, 11) is 0. The van der Waals surface area contributed by atoms with Crippen LogP contribution in [0.25, 0.3) is 0 Å². The Kier molecular flexibility index (Phi) is 2.63. The third-order valence-electron chi connectivity index (χ3n) is 2.66. The Labute approximate surface area is 81.3 Å². The normalized spacial score (nSPS) is 27.5. The second-order valence-electron chi connectivity index (χ2n) is 3.58. The van der Waals surface area contributed by atoms with E-state index in [1.165, 1.54) is 6.07 Å². The number of alkyl halides is 1. The Balaban J connectivity index is 2.29. The van der Waals surface area contributed by atoms with Crippen LogP contribution in [0.3, 0.4) is 0 Å². The molecule has 1 fully saturated rings. The minimum absolute atomic E-state index is 0.0710. The van der Waals surface area contributed by atoms with E-state index in [0.717, 1.165) is 6.54 Å². The molecule has 0 aromatic carbocycles. The van der Waals surface area contributed by atoms with Gasteiger partial charge in [0, 0.05) is 36.5 Å². The first-order chi connectivity index (χ1) is 6.79. The molecule has 1 aromatic rings. The van der Waals surface area contributed by atoms with Crippen molar-refractivity contribution in [2.75, 3.05) is 13.1 Å². The van der Waals surface area contributed by atoms with Gasteiger partial charge in [-0.05, 0) is 13.0 Å². The smallest absolute Gasteiger partial charge is 0.185 e. The molecule has 2 heterocycles. The van der Waals surface area contributed by atoms with Gasteiger partial charge in [0.2, 0.25) is 0 Å². The fraction of sp³-hybridized carbons (Fsp3) is 0.500. The van der Waals surface area contributed by atoms with Crippen LogP contribution in [0.4, 0.5) is 4.39 Å². The summed E-state index contributed by atoms with van der Waals surface area (Å²) >= 11 is 0. The third-order valence-corrected chi connectivity index (χ3v) is 2.66. The zero-order valence-corrected chi connectivity index (χ0v) is 7.79. The van der Waals surface area contributed by atoms with Gasteiger partial charge in [0.15, 0.2) is 5.43 Å². The number of aromatic nitrogens is 1. The van der Waals surface area contributed by atoms with Gasteiger partial charge in [-0.2, -0.15) is 0 Å². The predicted molar refractivity (Wildman–Crippen MR) is 52.2 cm³/mol. The topological polar surface area (TPSA) is 44.9 Å². The number of nitrogens with one attached hydrogen (secondary N) is 2. The van der Waals surface area contributed by atoms with Crippen molar-refractivity contribution in [1.29, 1.82) is 0 Å². The molecule has 14 heavy (non-hydrogen) atoms. The molecule has 0 bridgehead atoms. The fourth-order valence-corrected chi connectivity index (χ4v) is 1.89. The van der Waals surface area contributed by atoms with Crippen LogP contribution in [0.2, 0.25) is 0 Å². The summed E-state index contributed by atoms with van der Waals surface area (Å²) in [6.45, 7) is 1.12. The molecule has 3 nitrogen and oxygen atoms in total. The van der Waals surface area contributed by atoms with Crippen LogP contribution in [0.15, 0.2) is 23.3 Å². The molecule has 0 saturated carbocycles. The minimum Gasteiger partial charge on any atom is -0.367 e. The van der Waals surface area contributed by atoms with Crippen molar-refractivity contribution < 1.29 is 4.39 Å². The Bertz CT molecular complexity index is 363. The zero-order valence-electron chi connectivity index (χ0n) is 7.79. The molecule has 2 rings (SSSR count). The molecule has 1 aliphatic rings. The second kappa shape index (κ2) is 3.92. The van der Waals surface area contributed by atoms with Gasteiger partial charge in [0.1, 0.15) is 6.17 Å². The highest BCUT2D eigenvalue weighted by atomic mass is 19.1. The van der Waals surface area contributed by atoms with Crippen LogP contribution in [0, 0.1) is 0 Å². The first kappa shape index (κ1) is 9.40. The van der Waals surface area contributed by atoms with E-state index in [9.17, 15) is 9.18 Å². The van der Waals surface area contributed by atoms with E-state index in [4.69, 9.17) is 0 Å². The lowest BCUT2D eigenvalue weighted by Gasteiger charge is -2.26. The van der Waals surface area contributed by atoms with Crippen molar-refractivity contribution in [2.24, 2.45) is 0 Å². The molecule has 2 N–H and O–H groups in total. The average molecular weight is 196 g/mol. The summed E-state index contributed by atoms with van der Waals surface area (Å²) in [5, 5.41) is 2.97. The quantitative estimate of drug-likeness (QED) is 0.697. The van der Waals surface area contributed by atoms with Gasteiger partial charge in [0.25, 0.3) is 0 Å². The summed E-state index contributed by atoms with van der Waals surface area (Å²) < 4.78 is 13.5. The Morgan fingerprint density at radius 1 is 1.50 bits per heavy atom. The van der Waals surface area contributed by atoms with Gasteiger partial charge in [-0.15, -0.1) is 0 Å². The maximum absolute atomic E-state index is 13.5. The molecule has 0 spiro atoms. The molecule has 1 saturated heterocycles. The van der Waals surface area contributed by atoms with Crippen molar-refractivity contribution in [2.45, 2.75) is 18.5 Å². The van der Waals surface area contributed by atoms with Crippen molar-refractivity contribution in [3.05, 3.63) is 34.2 Å². The Morgan fingerprint density at radius 2 is 2.36 bits per heavy atom. The van der Waals surface area contributed by atoms with E-state index in [1.807, 2.05) is 0 Å². The van der Waals surface area contributed by atoms with Crippen molar-refractivity contribution >= 4 is 0 Å². The number of hydrogen-bond donors (Lipinski definition) is 2. The molecule has 1 aromatic heterocycles. The minimum atomic E-state index is -0.952. The number of rotatable bonds is 1. The van der Waals surface area contributed by atoms with Gasteiger partial charge in [-0.1, -0.05) is 0 Å². The van der Waals surface area contributed by atoms with Crippen LogP contribution in [-0.2, 0) is 0 Å². The number of halogens is 1. The van der Waals surface area contributed by atoms with E-state index in [-0.39, 0.29) is 11.3 Å². The van der Waals surface area contributed by atoms with Crippen molar-refractivity contribution in [1.82, 2.24) is 10.3 Å². The zero-order chi connectivity index (χ0) is 9.97. The monoisotopic (exact) mass is 196 g/mol. The summed E-state index contributed by atoms with van der Waals surface area (Å²) in [5.41, 5.74) is 0.500. The van der Waals surface area contributed by atoms with Gasteiger partial charge >= 0.3 is 0 Å². The number of hydrogen-bond acceptors (Lipinski definition) is 2. The number of aromatic amines is 1. The Morgan fingerprint density at radius 3 is 3.07 bits per heavy atom. The lowest BCUT2D eigenvalue weighted by molar-refractivity contribution is 0.230. The highest BCUT2D eigenvalue weighted by molar-refractivity contribution is 5.17. The summed E-state index contributed by atoms with van der Waals surface area (Å²) in [4.78, 5) is 14.3. The van der Waals surface area contributed by atoms with Crippen LogP contribution in [-0.4, -0.2) is 24.2 Å². The Hall–Kier alpha value is -1.16. The van der Waals surface area contributed by atoms with Crippen LogP contribution in [0.5, 0.6) is 0 Å². The number of H-pyrrole nitrogens is 1. The molecule has 4 heteroatoms. The molecule has 0 aliphatic carbocycles. The predicted octanol–water partition coefficient (Wildman–Crippen LogP) is 0.790. The SMILES string of the molecule is O=c1cc[nH]cc1C1CCNCC1F. The molecule has 0 radical (unpaired) electrons. The van der Waals surface area contributed by atoms with Crippen LogP contribution in [0.1, 0.15) is 17.9 Å². The van der Waals surface area contributed by atoms with Crippen molar-refractivity contribution in [3.63, 3.8) is 0 Å². The van der Waals surface area contributed by atoms with E-state index < -0.39 is 6.17 Å². The summed E-state index contributed by atoms with van der Waals surface area (Å²) in [5.74, 6) is -0.249. The number of piperidine rings is 1. The highest BCUT2D eigenvalue weighted by Crippen LogP contribution is 2.24. The van der Waals surface area contributed by atoms with Gasteiger partial charge in [-0.25, -0.2) is 4.39 Å². The van der Waals surface area contributed by atoms with Gasteiger partial charge < -0.3 is 10.3 Å². The van der Waals surface area contributed by atoms with E-state index in [2.05, 4.69) is 10.3 Å². The highest BCUT2D eigenvalue weighted by Gasteiger charge is 2.27. The summed E-state index contributed by atoms with van der Waals surface area (Å²) in [6.07, 6.45) is 2.92. The molecular weight excluding hydrogens is 183 g/mol. The molecule has 0 amide bonds. The standard InChI is InChI=1S/C10H13FN2O/c11-9-6-13-3-1-7(9)8-5-12-4-2-10(8)14/h2,4-5,7,9,13H,1,3,6H2,(H,12,14). The maximum Gasteiger partial charge on any atom is 0.185 e. The van der Waals surface area contributed by atoms with E-state index in [1.54, 1.807) is 12.4 Å². The van der Waals surface area contributed by atoms with Gasteiger partial charge in [-0.3, -0.25) is 4.79 Å². The van der Waals surface area contributed by atoms with E-state index >= 15 is 0 Å². The van der Waals surface area contributed by atoms with Gasteiger partial charge in [0.05, 0.1) is 0 Å². The average Bonchev–Trinajstić information content (AvgIpc) is 2.20. The first-order valence-corrected chi connectivity index (χ1v) is 4.81. The molecule has 76 valence electrons. The number of pyridine rings is 1. The molecule has 2 unspecified atom stereocenters. The van der Waals surface area contributed by atoms with E-state index in [0.29, 0.717) is 18.5 Å². The van der Waals surface area contributed by atoms with Crippen LogP contribution < -0.4 is 10.7 Å². The fourth-order valence-electron chi connectivity index (χ4n) is 1.89. The lowest BCUT2D eigenvalue weighted by Crippen LogP contribution is -2.38. The van der Waals surface area contributed by atoms with Crippen LogP contribution >= 0.6 is 0 Å². The van der Waals surface area contributed by atoms with Crippen molar-refractivity contribution in [3.8, 4) is 0 Å². The molecule has 2 atom stereocenters.